The molecule has 0 spiro atoms. The first-order valence-electron chi connectivity index (χ1n) is 8.62. The summed E-state index contributed by atoms with van der Waals surface area (Å²) in [5.41, 5.74) is 3.09. The third-order valence-corrected chi connectivity index (χ3v) is 3.68. The zero-order valence-corrected chi connectivity index (χ0v) is 15.6. The zero-order valence-electron chi connectivity index (χ0n) is 15.6. The summed E-state index contributed by atoms with van der Waals surface area (Å²) in [6, 6.07) is 7.61. The topological polar surface area (TPSA) is 55.4 Å². The second-order valence-electron chi connectivity index (χ2n) is 5.13. The van der Waals surface area contributed by atoms with Gasteiger partial charge in [0.25, 0.3) is 5.91 Å². The summed E-state index contributed by atoms with van der Waals surface area (Å²) in [5.74, 6) is 0.110. The fourth-order valence-electron chi connectivity index (χ4n) is 2.22. The Kier molecular flexibility index (Phi) is 12.4. The van der Waals surface area contributed by atoms with E-state index in [2.05, 4.69) is 16.1 Å². The Morgan fingerprint density at radius 1 is 1.29 bits per heavy atom. The van der Waals surface area contributed by atoms with Gasteiger partial charge in [0, 0.05) is 32.2 Å². The molecule has 1 aliphatic carbocycles. The number of rotatable bonds is 4. The molecule has 0 aliphatic heterocycles. The van der Waals surface area contributed by atoms with E-state index in [4.69, 9.17) is 0 Å². The van der Waals surface area contributed by atoms with Gasteiger partial charge in [0.1, 0.15) is 6.29 Å². The van der Waals surface area contributed by atoms with Crippen LogP contribution in [0.4, 0.5) is 0 Å². The summed E-state index contributed by atoms with van der Waals surface area (Å²) < 4.78 is 4.54. The SMILES string of the molecule is CC.CCOC.CNC(=O)c1ccc(C2=CCC(C=O)CC2)cc1. The lowest BCUT2D eigenvalue weighted by Gasteiger charge is -2.17. The minimum atomic E-state index is -0.0693. The Hall–Kier alpha value is -1.94. The monoisotopic (exact) mass is 333 g/mol. The predicted molar refractivity (Wildman–Crippen MR) is 100 cm³/mol. The van der Waals surface area contributed by atoms with Crippen molar-refractivity contribution in [2.45, 2.75) is 40.0 Å². The Labute approximate surface area is 146 Å². The molecular weight excluding hydrogens is 302 g/mol. The van der Waals surface area contributed by atoms with Crippen LogP contribution in [0, 0.1) is 5.92 Å². The highest BCUT2D eigenvalue weighted by Gasteiger charge is 2.14. The van der Waals surface area contributed by atoms with Gasteiger partial charge >= 0.3 is 0 Å². The van der Waals surface area contributed by atoms with Crippen molar-refractivity contribution in [1.29, 1.82) is 0 Å². The number of carbonyl (C=O) groups excluding carboxylic acids is 2. The highest BCUT2D eigenvalue weighted by molar-refractivity contribution is 5.94. The van der Waals surface area contributed by atoms with Crippen LogP contribution < -0.4 is 5.32 Å². The van der Waals surface area contributed by atoms with Crippen LogP contribution in [0.1, 0.15) is 56.0 Å². The van der Waals surface area contributed by atoms with E-state index >= 15 is 0 Å². The molecule has 0 heterocycles. The van der Waals surface area contributed by atoms with E-state index in [1.807, 2.05) is 45.0 Å². The van der Waals surface area contributed by atoms with Gasteiger partial charge in [0.15, 0.2) is 0 Å². The Morgan fingerprint density at radius 2 is 1.88 bits per heavy atom. The molecule has 1 aliphatic rings. The standard InChI is InChI=1S/C15H17NO2.C3H8O.C2H6/c1-16-15(18)14-8-6-13(7-9-14)12-4-2-11(10-17)3-5-12;1-3-4-2;1-2/h4,6-11H,2-3,5H2,1H3,(H,16,18);3H2,1-2H3;1-2H3. The summed E-state index contributed by atoms with van der Waals surface area (Å²) in [6.45, 7) is 6.78. The number of aldehydes is 1. The van der Waals surface area contributed by atoms with Gasteiger partial charge in [-0.3, -0.25) is 4.79 Å². The maximum atomic E-state index is 11.4. The summed E-state index contributed by atoms with van der Waals surface area (Å²) in [6.07, 6.45) is 5.87. The van der Waals surface area contributed by atoms with E-state index < -0.39 is 0 Å². The van der Waals surface area contributed by atoms with E-state index in [1.165, 1.54) is 5.57 Å². The van der Waals surface area contributed by atoms with E-state index in [0.29, 0.717) is 5.56 Å². The van der Waals surface area contributed by atoms with Crippen molar-refractivity contribution in [2.75, 3.05) is 20.8 Å². The number of ether oxygens (including phenoxy) is 1. The van der Waals surface area contributed by atoms with Crippen molar-refractivity contribution in [3.8, 4) is 0 Å². The number of carbonyl (C=O) groups is 2. The normalized spacial score (nSPS) is 15.7. The summed E-state index contributed by atoms with van der Waals surface area (Å²) in [4.78, 5) is 22.1. The highest BCUT2D eigenvalue weighted by atomic mass is 16.5. The average molecular weight is 333 g/mol. The molecule has 4 heteroatoms. The Morgan fingerprint density at radius 3 is 2.25 bits per heavy atom. The Bertz CT molecular complexity index is 504. The van der Waals surface area contributed by atoms with Crippen LogP contribution in [0.15, 0.2) is 30.3 Å². The van der Waals surface area contributed by atoms with Gasteiger partial charge in [0.05, 0.1) is 0 Å². The first-order valence-corrected chi connectivity index (χ1v) is 8.62. The van der Waals surface area contributed by atoms with Gasteiger partial charge in [-0.25, -0.2) is 0 Å². The molecule has 0 saturated heterocycles. The molecular formula is C20H31NO3. The quantitative estimate of drug-likeness (QED) is 0.844. The van der Waals surface area contributed by atoms with E-state index in [9.17, 15) is 9.59 Å². The van der Waals surface area contributed by atoms with E-state index in [-0.39, 0.29) is 11.8 Å². The minimum Gasteiger partial charge on any atom is -0.385 e. The number of amides is 1. The molecule has 0 saturated carbocycles. The minimum absolute atomic E-state index is 0.0693. The molecule has 134 valence electrons. The number of nitrogens with one attached hydrogen (secondary N) is 1. The van der Waals surface area contributed by atoms with Crippen molar-refractivity contribution < 1.29 is 14.3 Å². The van der Waals surface area contributed by atoms with Crippen LogP contribution >= 0.6 is 0 Å². The molecule has 24 heavy (non-hydrogen) atoms. The molecule has 1 N–H and O–H groups in total. The second-order valence-corrected chi connectivity index (χ2v) is 5.13. The molecule has 2 rings (SSSR count). The maximum Gasteiger partial charge on any atom is 0.251 e. The highest BCUT2D eigenvalue weighted by Crippen LogP contribution is 2.29. The smallest absolute Gasteiger partial charge is 0.251 e. The van der Waals surface area contributed by atoms with Crippen molar-refractivity contribution in [3.63, 3.8) is 0 Å². The summed E-state index contributed by atoms with van der Waals surface area (Å²) >= 11 is 0. The van der Waals surface area contributed by atoms with Crippen molar-refractivity contribution >= 4 is 17.8 Å². The molecule has 1 amide bonds. The molecule has 1 atom stereocenters. The van der Waals surface area contributed by atoms with Crippen LogP contribution in [0.2, 0.25) is 0 Å². The lowest BCUT2D eigenvalue weighted by molar-refractivity contribution is -0.111. The van der Waals surface area contributed by atoms with Crippen LogP contribution in [0.25, 0.3) is 5.57 Å². The van der Waals surface area contributed by atoms with Gasteiger partial charge in [-0.2, -0.15) is 0 Å². The average Bonchev–Trinajstić information content (AvgIpc) is 2.69. The van der Waals surface area contributed by atoms with Crippen LogP contribution in [-0.4, -0.2) is 33.0 Å². The van der Waals surface area contributed by atoms with Crippen LogP contribution in [0.5, 0.6) is 0 Å². The van der Waals surface area contributed by atoms with Crippen molar-refractivity contribution in [3.05, 3.63) is 41.5 Å². The summed E-state index contributed by atoms with van der Waals surface area (Å²) in [5, 5.41) is 2.60. The van der Waals surface area contributed by atoms with Gasteiger partial charge in [-0.05, 0) is 49.5 Å². The maximum absolute atomic E-state index is 11.4. The lowest BCUT2D eigenvalue weighted by Crippen LogP contribution is -2.17. The number of allylic oxidation sites excluding steroid dienone is 2. The number of methoxy groups -OCH3 is 1. The van der Waals surface area contributed by atoms with Gasteiger partial charge in [-0.1, -0.05) is 32.1 Å². The largest absolute Gasteiger partial charge is 0.385 e. The van der Waals surface area contributed by atoms with Crippen LogP contribution in [-0.2, 0) is 9.53 Å². The summed E-state index contributed by atoms with van der Waals surface area (Å²) in [7, 11) is 3.31. The number of benzene rings is 1. The van der Waals surface area contributed by atoms with Gasteiger partial charge in [0.2, 0.25) is 0 Å². The van der Waals surface area contributed by atoms with Gasteiger partial charge in [-0.15, -0.1) is 0 Å². The first kappa shape index (κ1) is 22.1. The molecule has 1 unspecified atom stereocenters. The third-order valence-electron chi connectivity index (χ3n) is 3.68. The molecule has 0 bridgehead atoms. The Balaban J connectivity index is 0.000000773. The van der Waals surface area contributed by atoms with Crippen LogP contribution in [0.3, 0.4) is 0 Å². The lowest BCUT2D eigenvalue weighted by atomic mass is 9.87. The second kappa shape index (κ2) is 13.5. The predicted octanol–water partition coefficient (Wildman–Crippen LogP) is 4.11. The van der Waals surface area contributed by atoms with E-state index in [0.717, 1.165) is 37.7 Å². The van der Waals surface area contributed by atoms with Gasteiger partial charge < -0.3 is 14.8 Å². The fraction of sp³-hybridized carbons (Fsp3) is 0.500. The molecule has 0 aromatic heterocycles. The molecule has 1 aromatic carbocycles. The molecule has 0 radical (unpaired) electrons. The first-order chi connectivity index (χ1) is 11.7. The zero-order chi connectivity index (χ0) is 18.4. The molecule has 1 aromatic rings. The number of hydrogen-bond donors (Lipinski definition) is 1. The number of hydrogen-bond acceptors (Lipinski definition) is 3. The molecule has 0 fully saturated rings. The fourth-order valence-corrected chi connectivity index (χ4v) is 2.22. The van der Waals surface area contributed by atoms with E-state index in [1.54, 1.807) is 14.2 Å². The van der Waals surface area contributed by atoms with Crippen molar-refractivity contribution in [1.82, 2.24) is 5.32 Å². The van der Waals surface area contributed by atoms with Crippen molar-refractivity contribution in [2.24, 2.45) is 5.92 Å². The third kappa shape index (κ3) is 7.55. The molecule has 4 nitrogen and oxygen atoms in total.